The molecule has 2 fully saturated rings. The first-order chi connectivity index (χ1) is 18.0. The van der Waals surface area contributed by atoms with Crippen molar-refractivity contribution in [3.8, 4) is 5.75 Å². The molecule has 0 aromatic heterocycles. The Kier molecular flexibility index (Phi) is 8.47. The molecule has 206 valence electrons. The van der Waals surface area contributed by atoms with E-state index in [1.807, 2.05) is 12.1 Å². The maximum atomic E-state index is 14.0. The molecule has 2 amide bonds. The van der Waals surface area contributed by atoms with E-state index in [2.05, 4.69) is 4.90 Å². The summed E-state index contributed by atoms with van der Waals surface area (Å²) in [7, 11) is 4.77. The fourth-order valence-electron chi connectivity index (χ4n) is 5.34. The van der Waals surface area contributed by atoms with Gasteiger partial charge >= 0.3 is 0 Å². The zero-order valence-corrected chi connectivity index (χ0v) is 22.6. The van der Waals surface area contributed by atoms with Crippen LogP contribution in [-0.4, -0.2) is 80.5 Å². The lowest BCUT2D eigenvalue weighted by atomic mass is 9.82. The molecule has 2 aromatic carbocycles. The first-order valence-electron chi connectivity index (χ1n) is 12.7. The van der Waals surface area contributed by atoms with Gasteiger partial charge in [-0.05, 0) is 61.4 Å². The summed E-state index contributed by atoms with van der Waals surface area (Å²) >= 11 is 6.38. The number of likely N-dealkylation sites (tertiary alicyclic amines) is 1. The highest BCUT2D eigenvalue weighted by atomic mass is 35.5. The van der Waals surface area contributed by atoms with Crippen molar-refractivity contribution in [2.75, 3.05) is 52.3 Å². The van der Waals surface area contributed by atoms with Crippen molar-refractivity contribution in [2.45, 2.75) is 31.3 Å². The third-order valence-electron chi connectivity index (χ3n) is 7.63. The summed E-state index contributed by atoms with van der Waals surface area (Å²) in [5.41, 5.74) is -1.62. The van der Waals surface area contributed by atoms with Gasteiger partial charge in [-0.3, -0.25) is 9.59 Å². The molecule has 38 heavy (non-hydrogen) atoms. The molecule has 1 N–H and O–H groups in total. The number of carbonyl (C=O) groups is 2. The van der Waals surface area contributed by atoms with Crippen LogP contribution in [0, 0.1) is 11.8 Å². The Bertz CT molecular complexity index is 1170. The van der Waals surface area contributed by atoms with Crippen LogP contribution < -0.4 is 9.64 Å². The predicted octanol–water partition coefficient (Wildman–Crippen LogP) is 4.27. The number of ether oxygens (including phenoxy) is 1. The average molecular weight is 550 g/mol. The molecule has 0 bridgehead atoms. The number of amides is 2. The number of alkyl halides is 2. The van der Waals surface area contributed by atoms with Crippen LogP contribution in [0.1, 0.15) is 35.2 Å². The van der Waals surface area contributed by atoms with E-state index in [9.17, 15) is 23.5 Å². The first kappa shape index (κ1) is 28.1. The Morgan fingerprint density at radius 2 is 1.82 bits per heavy atom. The minimum absolute atomic E-state index is 0.135. The van der Waals surface area contributed by atoms with E-state index < -0.39 is 17.9 Å². The van der Waals surface area contributed by atoms with Gasteiger partial charge in [0.1, 0.15) is 5.75 Å². The lowest BCUT2D eigenvalue weighted by Gasteiger charge is -2.45. The minimum Gasteiger partial charge on any atom is -0.497 e. The average Bonchev–Trinajstić information content (AvgIpc) is 2.89. The Morgan fingerprint density at radius 3 is 2.39 bits per heavy atom. The minimum atomic E-state index is -3.27. The molecular formula is C28H34ClF2N3O4. The fraction of sp³-hybridized carbons (Fsp3) is 0.500. The number of piperidine rings is 1. The van der Waals surface area contributed by atoms with Crippen LogP contribution in [0.2, 0.25) is 5.02 Å². The van der Waals surface area contributed by atoms with Gasteiger partial charge in [0, 0.05) is 51.5 Å². The normalized spacial score (nSPS) is 18.2. The van der Waals surface area contributed by atoms with Gasteiger partial charge in [0.2, 0.25) is 5.60 Å². The fourth-order valence-corrected chi connectivity index (χ4v) is 5.60. The van der Waals surface area contributed by atoms with E-state index in [1.54, 1.807) is 26.2 Å². The standard InChI is InChI=1S/C28H34ClF2N3O4/c1-32(2)25(35)23-8-7-21(15-24(23)29)33-11-9-18(10-12-33)13-19-16-34(17-19)27(36)28(37,26(30)31)20-5-4-6-22(14-20)38-3/h4-8,14-15,18-19,26,37H,9-13,16-17H2,1-3H3. The molecular weight excluding hydrogens is 516 g/mol. The van der Waals surface area contributed by atoms with Gasteiger partial charge in [-0.2, -0.15) is 0 Å². The third kappa shape index (κ3) is 5.59. The first-order valence-corrected chi connectivity index (χ1v) is 13.1. The summed E-state index contributed by atoms with van der Waals surface area (Å²) in [5.74, 6) is -0.134. The quantitative estimate of drug-likeness (QED) is 0.532. The van der Waals surface area contributed by atoms with Crippen molar-refractivity contribution in [1.29, 1.82) is 0 Å². The molecule has 1 atom stereocenters. The molecule has 0 spiro atoms. The van der Waals surface area contributed by atoms with Gasteiger partial charge in [-0.15, -0.1) is 0 Å². The number of anilines is 1. The molecule has 0 radical (unpaired) electrons. The van der Waals surface area contributed by atoms with Crippen LogP contribution in [0.4, 0.5) is 14.5 Å². The summed E-state index contributed by atoms with van der Waals surface area (Å²) in [5, 5.41) is 11.2. The number of carbonyl (C=O) groups excluding carboxylic acids is 2. The van der Waals surface area contributed by atoms with Crippen molar-refractivity contribution in [2.24, 2.45) is 11.8 Å². The number of hydrogen-bond acceptors (Lipinski definition) is 5. The second kappa shape index (κ2) is 11.5. The predicted molar refractivity (Wildman–Crippen MR) is 142 cm³/mol. The van der Waals surface area contributed by atoms with Gasteiger partial charge in [0.25, 0.3) is 18.2 Å². The van der Waals surface area contributed by atoms with Crippen LogP contribution >= 0.6 is 11.6 Å². The lowest BCUT2D eigenvalue weighted by Crippen LogP contribution is -2.59. The van der Waals surface area contributed by atoms with E-state index in [0.717, 1.165) is 38.0 Å². The molecule has 2 saturated heterocycles. The highest BCUT2D eigenvalue weighted by Gasteiger charge is 2.52. The smallest absolute Gasteiger partial charge is 0.280 e. The van der Waals surface area contributed by atoms with E-state index >= 15 is 0 Å². The van der Waals surface area contributed by atoms with Gasteiger partial charge < -0.3 is 24.5 Å². The van der Waals surface area contributed by atoms with E-state index in [0.29, 0.717) is 35.3 Å². The van der Waals surface area contributed by atoms with Crippen LogP contribution in [0.25, 0.3) is 0 Å². The molecule has 4 rings (SSSR count). The number of halogens is 3. The highest BCUT2D eigenvalue weighted by molar-refractivity contribution is 6.34. The zero-order valence-electron chi connectivity index (χ0n) is 21.9. The highest BCUT2D eigenvalue weighted by Crippen LogP contribution is 2.37. The number of benzene rings is 2. The lowest BCUT2D eigenvalue weighted by molar-refractivity contribution is -0.178. The molecule has 2 aliphatic heterocycles. The SMILES string of the molecule is COc1cccc(C(O)(C(=O)N2CC(CC3CCN(c4ccc(C(=O)N(C)C)c(Cl)c4)CC3)C2)C(F)F)c1. The number of aliphatic hydroxyl groups is 1. The molecule has 2 heterocycles. The third-order valence-corrected chi connectivity index (χ3v) is 7.94. The molecule has 7 nitrogen and oxygen atoms in total. The summed E-state index contributed by atoms with van der Waals surface area (Å²) in [6, 6.07) is 11.2. The van der Waals surface area contributed by atoms with Gasteiger partial charge in [-0.25, -0.2) is 8.78 Å². The summed E-state index contributed by atoms with van der Waals surface area (Å²) in [4.78, 5) is 30.3. The van der Waals surface area contributed by atoms with Gasteiger partial charge in [0.15, 0.2) is 0 Å². The van der Waals surface area contributed by atoms with Crippen LogP contribution in [0.5, 0.6) is 5.75 Å². The summed E-state index contributed by atoms with van der Waals surface area (Å²) in [6.07, 6.45) is -0.439. The second-order valence-electron chi connectivity index (χ2n) is 10.4. The van der Waals surface area contributed by atoms with Gasteiger partial charge in [0.05, 0.1) is 17.7 Å². The molecule has 2 aliphatic rings. The van der Waals surface area contributed by atoms with Gasteiger partial charge in [-0.1, -0.05) is 23.7 Å². The van der Waals surface area contributed by atoms with Crippen molar-refractivity contribution in [3.63, 3.8) is 0 Å². The topological polar surface area (TPSA) is 73.3 Å². The zero-order chi connectivity index (χ0) is 27.6. The van der Waals surface area contributed by atoms with Crippen LogP contribution in [0.15, 0.2) is 42.5 Å². The van der Waals surface area contributed by atoms with E-state index in [-0.39, 0.29) is 17.4 Å². The Balaban J connectivity index is 1.29. The number of rotatable bonds is 8. The Hall–Kier alpha value is -2.91. The molecule has 10 heteroatoms. The Morgan fingerprint density at radius 1 is 1.13 bits per heavy atom. The maximum Gasteiger partial charge on any atom is 0.280 e. The largest absolute Gasteiger partial charge is 0.497 e. The van der Waals surface area contributed by atoms with Crippen molar-refractivity contribution >= 4 is 29.1 Å². The maximum absolute atomic E-state index is 14.0. The Labute approximate surface area is 226 Å². The molecule has 1 unspecified atom stereocenters. The number of hydrogen-bond donors (Lipinski definition) is 1. The summed E-state index contributed by atoms with van der Waals surface area (Å²) < 4.78 is 33.0. The molecule has 0 saturated carbocycles. The van der Waals surface area contributed by atoms with E-state index in [4.69, 9.17) is 16.3 Å². The number of nitrogens with zero attached hydrogens (tertiary/aromatic N) is 3. The molecule has 2 aromatic rings. The second-order valence-corrected chi connectivity index (χ2v) is 10.8. The van der Waals surface area contributed by atoms with Crippen molar-refractivity contribution in [3.05, 3.63) is 58.6 Å². The molecule has 0 aliphatic carbocycles. The monoisotopic (exact) mass is 549 g/mol. The van der Waals surface area contributed by atoms with Crippen LogP contribution in [-0.2, 0) is 10.4 Å². The van der Waals surface area contributed by atoms with Crippen molar-refractivity contribution < 1.29 is 28.2 Å². The van der Waals surface area contributed by atoms with E-state index in [1.165, 1.54) is 35.1 Å². The van der Waals surface area contributed by atoms with Crippen molar-refractivity contribution in [1.82, 2.24) is 9.80 Å². The van der Waals surface area contributed by atoms with Crippen LogP contribution in [0.3, 0.4) is 0 Å². The number of methoxy groups -OCH3 is 1. The summed E-state index contributed by atoms with van der Waals surface area (Å²) in [6.45, 7) is 2.40.